The summed E-state index contributed by atoms with van der Waals surface area (Å²) < 4.78 is 31.4. The van der Waals surface area contributed by atoms with Gasteiger partial charge < -0.3 is 9.84 Å². The molecule has 0 atom stereocenters. The normalized spacial score (nSPS) is 12.5. The largest absolute Gasteiger partial charge is 0.492 e. The van der Waals surface area contributed by atoms with Gasteiger partial charge in [-0.1, -0.05) is 39.8 Å². The first kappa shape index (κ1) is 24.8. The van der Waals surface area contributed by atoms with Crippen molar-refractivity contribution in [3.8, 4) is 16.9 Å². The van der Waals surface area contributed by atoms with Crippen molar-refractivity contribution in [2.75, 3.05) is 6.61 Å². The van der Waals surface area contributed by atoms with E-state index in [1.54, 1.807) is 13.0 Å². The Kier molecular flexibility index (Phi) is 8.99. The zero-order valence-corrected chi connectivity index (χ0v) is 19.4. The van der Waals surface area contributed by atoms with Crippen molar-refractivity contribution in [2.45, 2.75) is 59.3 Å². The van der Waals surface area contributed by atoms with Gasteiger partial charge in [-0.25, -0.2) is 13.6 Å². The van der Waals surface area contributed by atoms with E-state index < -0.39 is 12.4 Å². The molecule has 0 bridgehead atoms. The van der Waals surface area contributed by atoms with Crippen LogP contribution in [0.1, 0.15) is 68.9 Å². The van der Waals surface area contributed by atoms with Crippen molar-refractivity contribution in [1.82, 2.24) is 0 Å². The molecule has 2 rings (SSSR count). The van der Waals surface area contributed by atoms with Crippen molar-refractivity contribution in [1.29, 1.82) is 0 Å². The Balaban J connectivity index is 2.60. The van der Waals surface area contributed by atoms with E-state index in [0.29, 0.717) is 17.2 Å². The lowest BCUT2D eigenvalue weighted by molar-refractivity contribution is -0.131. The van der Waals surface area contributed by atoms with E-state index in [0.717, 1.165) is 33.2 Å². The molecule has 3 nitrogen and oxygen atoms in total. The second-order valence-corrected chi connectivity index (χ2v) is 9.03. The Morgan fingerprint density at radius 1 is 1.16 bits per heavy atom. The summed E-state index contributed by atoms with van der Waals surface area (Å²) in [5.41, 5.74) is 4.60. The number of carbonyl (C=O) groups is 1. The van der Waals surface area contributed by atoms with Crippen LogP contribution < -0.4 is 4.74 Å². The highest BCUT2D eigenvalue weighted by Gasteiger charge is 2.20. The van der Waals surface area contributed by atoms with Crippen molar-refractivity contribution in [3.05, 3.63) is 57.3 Å². The van der Waals surface area contributed by atoms with Crippen LogP contribution in [0.2, 0.25) is 0 Å². The van der Waals surface area contributed by atoms with Gasteiger partial charge in [-0.05, 0) is 59.0 Å². The third-order valence-corrected chi connectivity index (χ3v) is 5.73. The first-order valence-electron chi connectivity index (χ1n) is 10.4. The van der Waals surface area contributed by atoms with Crippen LogP contribution in [0.4, 0.5) is 8.78 Å². The topological polar surface area (TPSA) is 46.5 Å². The molecule has 0 saturated heterocycles. The molecule has 168 valence electrons. The average molecular weight is 449 g/mol. The number of rotatable bonds is 10. The van der Waals surface area contributed by atoms with Crippen LogP contribution in [0.15, 0.2) is 41.3 Å². The lowest BCUT2D eigenvalue weighted by atomic mass is 9.89. The number of hydrogen-bond acceptors (Lipinski definition) is 3. The van der Waals surface area contributed by atoms with Gasteiger partial charge in [0.2, 0.25) is 6.43 Å². The summed E-state index contributed by atoms with van der Waals surface area (Å²) in [6.45, 7) is 10.0. The number of carboxylic acids is 1. The number of carboxylic acid groups (broad SMARTS) is 1. The molecule has 1 aromatic carbocycles. The van der Waals surface area contributed by atoms with Crippen molar-refractivity contribution < 1.29 is 23.4 Å². The predicted molar refractivity (Wildman–Crippen MR) is 124 cm³/mol. The minimum atomic E-state index is -2.41. The molecule has 6 heteroatoms. The van der Waals surface area contributed by atoms with Gasteiger partial charge in [0.25, 0.3) is 0 Å². The number of benzene rings is 1. The molecule has 0 aliphatic rings. The van der Waals surface area contributed by atoms with Crippen LogP contribution in [0.25, 0.3) is 17.2 Å². The first-order chi connectivity index (χ1) is 14.6. The number of allylic oxidation sites excluding steroid dienone is 2. The number of alkyl halides is 2. The monoisotopic (exact) mass is 448 g/mol. The Morgan fingerprint density at radius 2 is 1.87 bits per heavy atom. The maximum absolute atomic E-state index is 12.7. The number of thiophene rings is 1. The van der Waals surface area contributed by atoms with Crippen LogP contribution in [0, 0.1) is 0 Å². The minimum Gasteiger partial charge on any atom is -0.492 e. The molecule has 0 radical (unpaired) electrons. The molecule has 0 spiro atoms. The van der Waals surface area contributed by atoms with Crippen LogP contribution in [0.3, 0.4) is 0 Å². The SMILES string of the molecule is CC(/C=C/c1sccc1-c1cc(C(C)C)cc(C(C)C)c1OCCC(F)F)=C\C(=O)O. The van der Waals surface area contributed by atoms with Gasteiger partial charge >= 0.3 is 5.97 Å². The summed E-state index contributed by atoms with van der Waals surface area (Å²) in [6, 6.07) is 6.18. The van der Waals surface area contributed by atoms with E-state index in [2.05, 4.69) is 39.8 Å². The summed E-state index contributed by atoms with van der Waals surface area (Å²) in [4.78, 5) is 11.8. The highest BCUT2D eigenvalue weighted by Crippen LogP contribution is 2.42. The van der Waals surface area contributed by atoms with E-state index in [1.807, 2.05) is 17.5 Å². The lowest BCUT2D eigenvalue weighted by Crippen LogP contribution is -2.07. The molecule has 0 amide bonds. The van der Waals surface area contributed by atoms with Crippen LogP contribution >= 0.6 is 11.3 Å². The molecular formula is C25H30F2O3S. The third kappa shape index (κ3) is 7.03. The van der Waals surface area contributed by atoms with E-state index in [9.17, 15) is 13.6 Å². The van der Waals surface area contributed by atoms with E-state index in [-0.39, 0.29) is 18.9 Å². The first-order valence-corrected chi connectivity index (χ1v) is 11.2. The number of halogens is 2. The van der Waals surface area contributed by atoms with Gasteiger partial charge in [-0.15, -0.1) is 11.3 Å². The number of aliphatic carboxylic acids is 1. The van der Waals surface area contributed by atoms with Crippen LogP contribution in [-0.4, -0.2) is 24.1 Å². The standard InChI is InChI=1S/C25H30F2O3S/c1-15(2)18-13-20(16(3)4)25(30-10-8-23(26)27)21(14-18)19-9-11-31-22(19)7-6-17(5)12-24(28)29/h6-7,9,11-16,23H,8,10H2,1-5H3,(H,28,29)/b7-6+,17-12+. The zero-order valence-electron chi connectivity index (χ0n) is 18.6. The molecule has 2 aromatic rings. The number of hydrogen-bond donors (Lipinski definition) is 1. The van der Waals surface area contributed by atoms with Gasteiger partial charge in [0.15, 0.2) is 0 Å². The molecule has 0 fully saturated rings. The van der Waals surface area contributed by atoms with Crippen molar-refractivity contribution in [2.24, 2.45) is 0 Å². The second-order valence-electron chi connectivity index (χ2n) is 8.08. The summed E-state index contributed by atoms with van der Waals surface area (Å²) >= 11 is 1.53. The summed E-state index contributed by atoms with van der Waals surface area (Å²) in [6.07, 6.45) is 2.06. The van der Waals surface area contributed by atoms with E-state index in [4.69, 9.17) is 9.84 Å². The van der Waals surface area contributed by atoms with Crippen molar-refractivity contribution >= 4 is 23.4 Å². The fourth-order valence-corrected chi connectivity index (χ4v) is 3.97. The molecule has 0 aliphatic carbocycles. The Labute approximate surface area is 187 Å². The average Bonchev–Trinajstić information content (AvgIpc) is 3.13. The van der Waals surface area contributed by atoms with Gasteiger partial charge in [0.1, 0.15) is 5.75 Å². The third-order valence-electron chi connectivity index (χ3n) is 4.85. The maximum Gasteiger partial charge on any atom is 0.328 e. The quantitative estimate of drug-likeness (QED) is 0.299. The Bertz CT molecular complexity index is 956. The van der Waals surface area contributed by atoms with E-state index in [1.165, 1.54) is 11.3 Å². The van der Waals surface area contributed by atoms with Gasteiger partial charge in [0, 0.05) is 28.5 Å². The predicted octanol–water partition coefficient (Wildman–Crippen LogP) is 7.74. The lowest BCUT2D eigenvalue weighted by Gasteiger charge is -2.21. The molecular weight excluding hydrogens is 418 g/mol. The molecule has 31 heavy (non-hydrogen) atoms. The highest BCUT2D eigenvalue weighted by atomic mass is 32.1. The second kappa shape index (κ2) is 11.2. The summed E-state index contributed by atoms with van der Waals surface area (Å²) in [5, 5.41) is 10.9. The Morgan fingerprint density at radius 3 is 2.45 bits per heavy atom. The molecule has 0 saturated carbocycles. The van der Waals surface area contributed by atoms with Crippen LogP contribution in [0.5, 0.6) is 5.75 Å². The van der Waals surface area contributed by atoms with Crippen LogP contribution in [-0.2, 0) is 4.79 Å². The number of ether oxygens (including phenoxy) is 1. The minimum absolute atomic E-state index is 0.0544. The fourth-order valence-electron chi connectivity index (χ4n) is 3.17. The van der Waals surface area contributed by atoms with Gasteiger partial charge in [-0.2, -0.15) is 0 Å². The Hall–Kier alpha value is -2.47. The smallest absolute Gasteiger partial charge is 0.328 e. The zero-order chi connectivity index (χ0) is 23.1. The van der Waals surface area contributed by atoms with Gasteiger partial charge in [-0.3, -0.25) is 0 Å². The summed E-state index contributed by atoms with van der Waals surface area (Å²) in [5.74, 6) is 0.113. The fraction of sp³-hybridized carbons (Fsp3) is 0.400. The molecule has 1 heterocycles. The highest BCUT2D eigenvalue weighted by molar-refractivity contribution is 7.11. The molecule has 0 unspecified atom stereocenters. The van der Waals surface area contributed by atoms with Crippen molar-refractivity contribution in [3.63, 3.8) is 0 Å². The molecule has 0 aliphatic heterocycles. The maximum atomic E-state index is 12.7. The summed E-state index contributed by atoms with van der Waals surface area (Å²) in [7, 11) is 0. The van der Waals surface area contributed by atoms with E-state index >= 15 is 0 Å². The molecule has 1 aromatic heterocycles. The molecule has 1 N–H and O–H groups in total. The van der Waals surface area contributed by atoms with Gasteiger partial charge in [0.05, 0.1) is 6.61 Å².